The van der Waals surface area contributed by atoms with Crippen molar-refractivity contribution in [1.82, 2.24) is 20.1 Å². The zero-order valence-corrected chi connectivity index (χ0v) is 21.0. The normalized spacial score (nSPS) is 15.1. The van der Waals surface area contributed by atoms with Gasteiger partial charge in [-0.15, -0.1) is 10.2 Å². The van der Waals surface area contributed by atoms with Gasteiger partial charge in [-0.2, -0.15) is 0 Å². The summed E-state index contributed by atoms with van der Waals surface area (Å²) in [6.45, 7) is 1.80. The second-order valence-corrected chi connectivity index (χ2v) is 8.98. The van der Waals surface area contributed by atoms with Crippen LogP contribution < -0.4 is 19.5 Å². The number of rotatable bonds is 11. The van der Waals surface area contributed by atoms with Crippen molar-refractivity contribution in [1.29, 1.82) is 0 Å². The maximum absolute atomic E-state index is 12.6. The van der Waals surface area contributed by atoms with E-state index in [2.05, 4.69) is 15.5 Å². The fourth-order valence-corrected chi connectivity index (χ4v) is 4.66. The molecule has 1 amide bonds. The van der Waals surface area contributed by atoms with Crippen molar-refractivity contribution >= 4 is 17.7 Å². The number of benzene rings is 2. The van der Waals surface area contributed by atoms with Crippen LogP contribution in [0.2, 0.25) is 0 Å². The summed E-state index contributed by atoms with van der Waals surface area (Å²) in [6.07, 6.45) is 2.16. The summed E-state index contributed by atoms with van der Waals surface area (Å²) in [5.74, 6) is 2.93. The monoisotopic (exact) mass is 498 g/mol. The van der Waals surface area contributed by atoms with E-state index in [0.29, 0.717) is 29.7 Å². The van der Waals surface area contributed by atoms with Crippen LogP contribution in [0, 0.1) is 0 Å². The summed E-state index contributed by atoms with van der Waals surface area (Å²) < 4.78 is 23.8. The molecule has 0 unspecified atom stereocenters. The second-order valence-electron chi connectivity index (χ2n) is 8.04. The Bertz CT molecular complexity index is 1130. The third-order valence-corrected chi connectivity index (χ3v) is 6.71. The van der Waals surface area contributed by atoms with Crippen LogP contribution in [0.3, 0.4) is 0 Å². The molecule has 4 rings (SSSR count). The SMILES string of the molecule is COc1ccc(-c2nnc(SCC(=O)NCc3ccc(OC)c(OC)c3)n2C[C@H]2CCCO2)cc1. The number of amides is 1. The minimum atomic E-state index is -0.0950. The minimum absolute atomic E-state index is 0.0950. The summed E-state index contributed by atoms with van der Waals surface area (Å²) in [5.41, 5.74) is 1.85. The number of hydrogen-bond donors (Lipinski definition) is 1. The van der Waals surface area contributed by atoms with E-state index in [4.69, 9.17) is 18.9 Å². The molecule has 1 saturated heterocycles. The molecule has 1 N–H and O–H groups in total. The molecule has 1 atom stereocenters. The quantitative estimate of drug-likeness (QED) is 0.401. The zero-order chi connectivity index (χ0) is 24.6. The number of aromatic nitrogens is 3. The Hall–Kier alpha value is -3.24. The van der Waals surface area contributed by atoms with E-state index in [1.807, 2.05) is 47.0 Å². The Morgan fingerprint density at radius 2 is 1.89 bits per heavy atom. The number of nitrogens with one attached hydrogen (secondary N) is 1. The second kappa shape index (κ2) is 11.9. The molecule has 0 saturated carbocycles. The highest BCUT2D eigenvalue weighted by Crippen LogP contribution is 2.29. The van der Waals surface area contributed by atoms with Crippen LogP contribution in [0.1, 0.15) is 18.4 Å². The first-order valence-electron chi connectivity index (χ1n) is 11.4. The number of hydrogen-bond acceptors (Lipinski definition) is 8. The Kier molecular flexibility index (Phi) is 8.49. The fraction of sp³-hybridized carbons (Fsp3) is 0.400. The molecule has 1 aromatic heterocycles. The van der Waals surface area contributed by atoms with Crippen molar-refractivity contribution in [3.05, 3.63) is 48.0 Å². The molecule has 0 radical (unpaired) electrons. The molecule has 186 valence electrons. The average Bonchev–Trinajstić information content (AvgIpc) is 3.56. The summed E-state index contributed by atoms with van der Waals surface area (Å²) in [7, 11) is 4.82. The highest BCUT2D eigenvalue weighted by molar-refractivity contribution is 7.99. The zero-order valence-electron chi connectivity index (χ0n) is 20.2. The van der Waals surface area contributed by atoms with Gasteiger partial charge in [0.1, 0.15) is 5.75 Å². The number of nitrogens with zero attached hydrogens (tertiary/aromatic N) is 3. The lowest BCUT2D eigenvalue weighted by Gasteiger charge is -2.15. The predicted octanol–water partition coefficient (Wildman–Crippen LogP) is 3.56. The molecule has 1 fully saturated rings. The van der Waals surface area contributed by atoms with Gasteiger partial charge in [-0.25, -0.2) is 0 Å². The van der Waals surface area contributed by atoms with Crippen LogP contribution in [-0.4, -0.2) is 60.5 Å². The Morgan fingerprint density at radius 1 is 1.09 bits per heavy atom. The molecule has 10 heteroatoms. The molecule has 1 aliphatic heterocycles. The molecule has 3 aromatic rings. The van der Waals surface area contributed by atoms with Crippen molar-refractivity contribution in [3.63, 3.8) is 0 Å². The van der Waals surface area contributed by atoms with E-state index in [1.54, 1.807) is 21.3 Å². The smallest absolute Gasteiger partial charge is 0.230 e. The Morgan fingerprint density at radius 3 is 2.57 bits per heavy atom. The van der Waals surface area contributed by atoms with Gasteiger partial charge in [0.15, 0.2) is 22.5 Å². The van der Waals surface area contributed by atoms with Gasteiger partial charge < -0.3 is 24.3 Å². The van der Waals surface area contributed by atoms with E-state index in [0.717, 1.165) is 42.1 Å². The third-order valence-electron chi connectivity index (χ3n) is 5.75. The van der Waals surface area contributed by atoms with Gasteiger partial charge in [0.25, 0.3) is 0 Å². The third kappa shape index (κ3) is 6.26. The van der Waals surface area contributed by atoms with Crippen LogP contribution in [0.15, 0.2) is 47.6 Å². The molecule has 1 aliphatic rings. The highest BCUT2D eigenvalue weighted by Gasteiger charge is 2.22. The van der Waals surface area contributed by atoms with E-state index >= 15 is 0 Å². The van der Waals surface area contributed by atoms with Gasteiger partial charge >= 0.3 is 0 Å². The first-order valence-corrected chi connectivity index (χ1v) is 12.4. The molecule has 2 aromatic carbocycles. The minimum Gasteiger partial charge on any atom is -0.497 e. The first kappa shape index (κ1) is 24.9. The number of methoxy groups -OCH3 is 3. The van der Waals surface area contributed by atoms with E-state index < -0.39 is 0 Å². The number of carbonyl (C=O) groups excluding carboxylic acids is 1. The van der Waals surface area contributed by atoms with Crippen LogP contribution in [0.4, 0.5) is 0 Å². The maximum atomic E-state index is 12.6. The van der Waals surface area contributed by atoms with Crippen molar-refractivity contribution in [2.75, 3.05) is 33.7 Å². The predicted molar refractivity (Wildman–Crippen MR) is 133 cm³/mol. The van der Waals surface area contributed by atoms with Crippen molar-refractivity contribution in [2.45, 2.75) is 37.2 Å². The molecule has 0 spiro atoms. The van der Waals surface area contributed by atoms with Crippen LogP contribution in [-0.2, 0) is 22.6 Å². The lowest BCUT2D eigenvalue weighted by Crippen LogP contribution is -2.25. The lowest BCUT2D eigenvalue weighted by molar-refractivity contribution is -0.118. The molecule has 0 aliphatic carbocycles. The highest BCUT2D eigenvalue weighted by atomic mass is 32.2. The lowest BCUT2D eigenvalue weighted by atomic mass is 10.2. The van der Waals surface area contributed by atoms with Crippen LogP contribution in [0.25, 0.3) is 11.4 Å². The van der Waals surface area contributed by atoms with Gasteiger partial charge in [-0.05, 0) is 54.8 Å². The molecule has 2 heterocycles. The van der Waals surface area contributed by atoms with Crippen molar-refractivity contribution in [3.8, 4) is 28.6 Å². The summed E-state index contributed by atoms with van der Waals surface area (Å²) in [5, 5.41) is 12.5. The van der Waals surface area contributed by atoms with E-state index in [9.17, 15) is 4.79 Å². The Labute approximate surface area is 209 Å². The summed E-state index contributed by atoms with van der Waals surface area (Å²) >= 11 is 1.36. The Balaban J connectivity index is 1.42. The standard InChI is InChI=1S/C25H30N4O5S/c1-31-19-9-7-18(8-10-19)24-27-28-25(29(24)15-20-5-4-12-34-20)35-16-23(30)26-14-17-6-11-21(32-2)22(13-17)33-3/h6-11,13,20H,4-5,12,14-16H2,1-3H3,(H,26,30)/t20-/m1/s1. The number of carbonyl (C=O) groups is 1. The average molecular weight is 499 g/mol. The number of thioether (sulfide) groups is 1. The fourth-order valence-electron chi connectivity index (χ4n) is 3.88. The summed E-state index contributed by atoms with van der Waals surface area (Å²) in [4.78, 5) is 12.6. The molecular weight excluding hydrogens is 468 g/mol. The van der Waals surface area contributed by atoms with E-state index in [-0.39, 0.29) is 17.8 Å². The molecule has 0 bridgehead atoms. The van der Waals surface area contributed by atoms with Crippen LogP contribution >= 0.6 is 11.8 Å². The van der Waals surface area contributed by atoms with Gasteiger partial charge in [-0.3, -0.25) is 9.36 Å². The van der Waals surface area contributed by atoms with Gasteiger partial charge in [0.05, 0.1) is 39.7 Å². The molecule has 9 nitrogen and oxygen atoms in total. The van der Waals surface area contributed by atoms with E-state index in [1.165, 1.54) is 11.8 Å². The molecular formula is C25H30N4O5S. The number of ether oxygens (including phenoxy) is 4. The van der Waals surface area contributed by atoms with Crippen molar-refractivity contribution in [2.24, 2.45) is 0 Å². The van der Waals surface area contributed by atoms with Crippen LogP contribution in [0.5, 0.6) is 17.2 Å². The van der Waals surface area contributed by atoms with Gasteiger partial charge in [-0.1, -0.05) is 17.8 Å². The van der Waals surface area contributed by atoms with Crippen molar-refractivity contribution < 1.29 is 23.7 Å². The van der Waals surface area contributed by atoms with Gasteiger partial charge in [0, 0.05) is 18.7 Å². The summed E-state index contributed by atoms with van der Waals surface area (Å²) in [6, 6.07) is 13.3. The molecule has 35 heavy (non-hydrogen) atoms. The maximum Gasteiger partial charge on any atom is 0.230 e. The largest absolute Gasteiger partial charge is 0.497 e. The van der Waals surface area contributed by atoms with Gasteiger partial charge in [0.2, 0.25) is 5.91 Å². The topological polar surface area (TPSA) is 96.7 Å². The first-order chi connectivity index (χ1) is 17.1.